The molecule has 0 saturated carbocycles. The number of halogens is 3. The van der Waals surface area contributed by atoms with Crippen LogP contribution in [0, 0.1) is 5.41 Å². The molecule has 0 radical (unpaired) electrons. The first-order valence-corrected chi connectivity index (χ1v) is 7.93. The first-order valence-electron chi connectivity index (χ1n) is 7.93. The normalized spacial score (nSPS) is 16.0. The lowest BCUT2D eigenvalue weighted by Crippen LogP contribution is -2.44. The number of nitrogens with one attached hydrogen (secondary N) is 1. The summed E-state index contributed by atoms with van der Waals surface area (Å²) in [4.78, 5) is 0. The monoisotopic (exact) mass is 311 g/mol. The zero-order chi connectivity index (χ0) is 16.6. The summed E-state index contributed by atoms with van der Waals surface area (Å²) in [6.07, 6.45) is 0.605. The Kier molecular flexibility index (Phi) is 8.86. The Bertz CT molecular complexity index is 274. The maximum atomic E-state index is 12.1. The van der Waals surface area contributed by atoms with Crippen molar-refractivity contribution < 1.29 is 17.9 Å². The molecule has 0 rings (SSSR count). The highest BCUT2D eigenvalue weighted by Gasteiger charge is 2.31. The highest BCUT2D eigenvalue weighted by molar-refractivity contribution is 4.84. The predicted molar refractivity (Wildman–Crippen MR) is 81.5 cm³/mol. The molecule has 21 heavy (non-hydrogen) atoms. The van der Waals surface area contributed by atoms with E-state index >= 15 is 0 Å². The summed E-state index contributed by atoms with van der Waals surface area (Å²) >= 11 is 0. The van der Waals surface area contributed by atoms with Gasteiger partial charge in [0, 0.05) is 18.7 Å². The lowest BCUT2D eigenvalue weighted by Gasteiger charge is -2.36. The molecule has 0 aliphatic heterocycles. The van der Waals surface area contributed by atoms with Gasteiger partial charge >= 0.3 is 6.18 Å². The molecule has 0 aromatic heterocycles. The maximum absolute atomic E-state index is 12.1. The van der Waals surface area contributed by atoms with Crippen molar-refractivity contribution in [1.29, 1.82) is 0 Å². The van der Waals surface area contributed by atoms with Gasteiger partial charge in [0.05, 0.1) is 0 Å². The SMILES string of the molecule is CCCCC(CC)(CCOCC(F)(F)F)CNC(C)(C)C. The van der Waals surface area contributed by atoms with E-state index in [1.54, 1.807) is 0 Å². The van der Waals surface area contributed by atoms with Crippen LogP contribution in [0.15, 0.2) is 0 Å². The van der Waals surface area contributed by atoms with E-state index in [0.717, 1.165) is 32.2 Å². The summed E-state index contributed by atoms with van der Waals surface area (Å²) in [5.41, 5.74) is 0.0361. The van der Waals surface area contributed by atoms with Gasteiger partial charge in [0.15, 0.2) is 0 Å². The Hall–Kier alpha value is -0.290. The van der Waals surface area contributed by atoms with Crippen LogP contribution in [-0.4, -0.2) is 31.5 Å². The summed E-state index contributed by atoms with van der Waals surface area (Å²) < 4.78 is 41.2. The quantitative estimate of drug-likeness (QED) is 0.578. The fraction of sp³-hybridized carbons (Fsp3) is 1.00. The van der Waals surface area contributed by atoms with E-state index in [1.165, 1.54) is 0 Å². The van der Waals surface area contributed by atoms with Crippen LogP contribution in [-0.2, 0) is 4.74 Å². The first-order chi connectivity index (χ1) is 9.54. The van der Waals surface area contributed by atoms with Crippen LogP contribution in [0.5, 0.6) is 0 Å². The molecule has 0 heterocycles. The van der Waals surface area contributed by atoms with Crippen molar-refractivity contribution in [2.45, 2.75) is 78.4 Å². The van der Waals surface area contributed by atoms with Crippen LogP contribution in [0.2, 0.25) is 0 Å². The van der Waals surface area contributed by atoms with Gasteiger partial charge in [-0.2, -0.15) is 13.2 Å². The van der Waals surface area contributed by atoms with E-state index < -0.39 is 12.8 Å². The number of hydrogen-bond acceptors (Lipinski definition) is 2. The molecule has 0 saturated heterocycles. The van der Waals surface area contributed by atoms with Crippen molar-refractivity contribution in [2.75, 3.05) is 19.8 Å². The van der Waals surface area contributed by atoms with Crippen LogP contribution in [0.25, 0.3) is 0 Å². The van der Waals surface area contributed by atoms with Gasteiger partial charge in [0.2, 0.25) is 0 Å². The molecule has 5 heteroatoms. The third kappa shape index (κ3) is 11.0. The number of alkyl halides is 3. The predicted octanol–water partition coefficient (Wildman–Crippen LogP) is 4.93. The number of hydrogen-bond donors (Lipinski definition) is 1. The second-order valence-electron chi connectivity index (χ2n) is 6.98. The molecule has 0 aromatic rings. The van der Waals surface area contributed by atoms with Crippen molar-refractivity contribution in [1.82, 2.24) is 5.32 Å². The van der Waals surface area contributed by atoms with Crippen LogP contribution in [0.3, 0.4) is 0 Å². The van der Waals surface area contributed by atoms with Gasteiger partial charge in [0.1, 0.15) is 6.61 Å². The van der Waals surface area contributed by atoms with Crippen molar-refractivity contribution in [2.24, 2.45) is 5.41 Å². The summed E-state index contributed by atoms with van der Waals surface area (Å²) in [5, 5.41) is 3.50. The fourth-order valence-corrected chi connectivity index (χ4v) is 2.26. The molecule has 128 valence electrons. The second-order valence-corrected chi connectivity index (χ2v) is 6.98. The van der Waals surface area contributed by atoms with Gasteiger partial charge < -0.3 is 10.1 Å². The molecule has 1 unspecified atom stereocenters. The second kappa shape index (κ2) is 8.99. The van der Waals surface area contributed by atoms with E-state index in [-0.39, 0.29) is 17.6 Å². The zero-order valence-corrected chi connectivity index (χ0v) is 14.2. The van der Waals surface area contributed by atoms with Gasteiger partial charge in [-0.15, -0.1) is 0 Å². The zero-order valence-electron chi connectivity index (χ0n) is 14.2. The largest absolute Gasteiger partial charge is 0.411 e. The molecule has 1 atom stereocenters. The van der Waals surface area contributed by atoms with Gasteiger partial charge in [-0.3, -0.25) is 0 Å². The average molecular weight is 311 g/mol. The summed E-state index contributed by atoms with van der Waals surface area (Å²) in [6.45, 7) is 10.4. The van der Waals surface area contributed by atoms with Gasteiger partial charge in [-0.05, 0) is 45.4 Å². The minimum absolute atomic E-state index is 0.0134. The molecule has 2 nitrogen and oxygen atoms in total. The van der Waals surface area contributed by atoms with E-state index in [0.29, 0.717) is 6.42 Å². The minimum Gasteiger partial charge on any atom is -0.372 e. The van der Waals surface area contributed by atoms with Crippen LogP contribution >= 0.6 is 0 Å². The van der Waals surface area contributed by atoms with Crippen molar-refractivity contribution in [3.8, 4) is 0 Å². The molecule has 0 bridgehead atoms. The molecular formula is C16H32F3NO. The molecule has 0 fully saturated rings. The Morgan fingerprint density at radius 2 is 1.62 bits per heavy atom. The van der Waals surface area contributed by atoms with Crippen LogP contribution in [0.1, 0.15) is 66.7 Å². The number of rotatable bonds is 10. The number of ether oxygens (including phenoxy) is 1. The summed E-state index contributed by atoms with van der Waals surface area (Å²) in [6, 6.07) is 0. The van der Waals surface area contributed by atoms with Gasteiger partial charge in [-0.25, -0.2) is 0 Å². The van der Waals surface area contributed by atoms with Crippen molar-refractivity contribution in [3.05, 3.63) is 0 Å². The standard InChI is InChI=1S/C16H32F3NO/c1-6-8-9-15(7-2,12-20-14(3,4)5)10-11-21-13-16(17,18)19/h20H,6-13H2,1-5H3. The third-order valence-corrected chi connectivity index (χ3v) is 3.85. The molecule has 0 amide bonds. The van der Waals surface area contributed by atoms with Crippen molar-refractivity contribution >= 4 is 0 Å². The van der Waals surface area contributed by atoms with Crippen molar-refractivity contribution in [3.63, 3.8) is 0 Å². The molecule has 0 aliphatic rings. The Balaban J connectivity index is 4.48. The molecule has 0 aliphatic carbocycles. The summed E-state index contributed by atoms with van der Waals surface area (Å²) in [5.74, 6) is 0. The molecule has 1 N–H and O–H groups in total. The first kappa shape index (κ1) is 20.7. The lowest BCUT2D eigenvalue weighted by atomic mass is 9.77. The van der Waals surface area contributed by atoms with Crippen LogP contribution in [0.4, 0.5) is 13.2 Å². The van der Waals surface area contributed by atoms with Gasteiger partial charge in [0.25, 0.3) is 0 Å². The van der Waals surface area contributed by atoms with E-state index in [2.05, 4.69) is 39.9 Å². The van der Waals surface area contributed by atoms with E-state index in [1.807, 2.05) is 0 Å². The van der Waals surface area contributed by atoms with E-state index in [9.17, 15) is 13.2 Å². The smallest absolute Gasteiger partial charge is 0.372 e. The minimum atomic E-state index is -4.23. The maximum Gasteiger partial charge on any atom is 0.411 e. The molecule has 0 aromatic carbocycles. The van der Waals surface area contributed by atoms with E-state index in [4.69, 9.17) is 4.74 Å². The lowest BCUT2D eigenvalue weighted by molar-refractivity contribution is -0.175. The Morgan fingerprint density at radius 1 is 1.00 bits per heavy atom. The molecule has 0 spiro atoms. The fourth-order valence-electron chi connectivity index (χ4n) is 2.26. The highest BCUT2D eigenvalue weighted by Crippen LogP contribution is 2.33. The topological polar surface area (TPSA) is 21.3 Å². The summed E-state index contributed by atoms with van der Waals surface area (Å²) in [7, 11) is 0. The Morgan fingerprint density at radius 3 is 2.05 bits per heavy atom. The van der Waals surface area contributed by atoms with Crippen LogP contribution < -0.4 is 5.32 Å². The average Bonchev–Trinajstić information content (AvgIpc) is 2.35. The Labute approximate surface area is 127 Å². The number of unbranched alkanes of at least 4 members (excludes halogenated alkanes) is 1. The third-order valence-electron chi connectivity index (χ3n) is 3.85. The molecular weight excluding hydrogens is 279 g/mol. The van der Waals surface area contributed by atoms with Gasteiger partial charge in [-0.1, -0.05) is 26.7 Å². The highest BCUT2D eigenvalue weighted by atomic mass is 19.4.